The van der Waals surface area contributed by atoms with Gasteiger partial charge in [-0.05, 0) is 24.3 Å². The van der Waals surface area contributed by atoms with Crippen LogP contribution in [0.5, 0.6) is 0 Å². The van der Waals surface area contributed by atoms with Crippen molar-refractivity contribution in [2.24, 2.45) is 0 Å². The summed E-state index contributed by atoms with van der Waals surface area (Å²) in [6.07, 6.45) is 4.78. The normalized spacial score (nSPS) is 10.7. The van der Waals surface area contributed by atoms with Crippen LogP contribution < -0.4 is 5.32 Å². The minimum atomic E-state index is 0.0955. The zero-order valence-corrected chi connectivity index (χ0v) is 12.6. The van der Waals surface area contributed by atoms with Gasteiger partial charge >= 0.3 is 0 Å². The molecule has 0 aromatic heterocycles. The van der Waals surface area contributed by atoms with Gasteiger partial charge in [0.25, 0.3) is 0 Å². The van der Waals surface area contributed by atoms with Gasteiger partial charge in [0.2, 0.25) is 5.91 Å². The predicted octanol–water partition coefficient (Wildman–Crippen LogP) is 4.38. The van der Waals surface area contributed by atoms with Crippen molar-refractivity contribution < 1.29 is 9.53 Å². The molecule has 2 rings (SSSR count). The highest BCUT2D eigenvalue weighted by atomic mass is 16.5. The van der Waals surface area contributed by atoms with Crippen LogP contribution in [-0.4, -0.2) is 19.6 Å². The van der Waals surface area contributed by atoms with E-state index in [0.29, 0.717) is 6.42 Å². The number of amides is 1. The Kier molecular flexibility index (Phi) is 6.22. The van der Waals surface area contributed by atoms with Crippen LogP contribution in [0.25, 0.3) is 10.8 Å². The average molecular weight is 285 g/mol. The summed E-state index contributed by atoms with van der Waals surface area (Å²) in [4.78, 5) is 12.0. The molecule has 1 N–H and O–H groups in total. The Morgan fingerprint density at radius 2 is 1.76 bits per heavy atom. The van der Waals surface area contributed by atoms with Crippen molar-refractivity contribution in [3.05, 3.63) is 42.5 Å². The SMILES string of the molecule is COCCCCCCC(=O)Nc1cccc2ccccc12. The van der Waals surface area contributed by atoms with Gasteiger partial charge in [0.1, 0.15) is 0 Å². The molecule has 0 aliphatic heterocycles. The maximum Gasteiger partial charge on any atom is 0.224 e. The lowest BCUT2D eigenvalue weighted by atomic mass is 10.1. The first-order valence-electron chi connectivity index (χ1n) is 7.58. The Morgan fingerprint density at radius 1 is 1.00 bits per heavy atom. The first kappa shape index (κ1) is 15.5. The van der Waals surface area contributed by atoms with Crippen molar-refractivity contribution in [2.75, 3.05) is 19.0 Å². The zero-order valence-electron chi connectivity index (χ0n) is 12.6. The Morgan fingerprint density at radius 3 is 2.62 bits per heavy atom. The molecule has 0 unspecified atom stereocenters. The smallest absolute Gasteiger partial charge is 0.224 e. The van der Waals surface area contributed by atoms with Crippen molar-refractivity contribution in [3.63, 3.8) is 0 Å². The number of carbonyl (C=O) groups is 1. The average Bonchev–Trinajstić information content (AvgIpc) is 2.51. The van der Waals surface area contributed by atoms with Crippen molar-refractivity contribution in [3.8, 4) is 0 Å². The van der Waals surface area contributed by atoms with E-state index in [1.54, 1.807) is 7.11 Å². The molecule has 0 saturated heterocycles. The molecule has 1 amide bonds. The monoisotopic (exact) mass is 285 g/mol. The van der Waals surface area contributed by atoms with Crippen LogP contribution in [0, 0.1) is 0 Å². The van der Waals surface area contributed by atoms with Crippen LogP contribution in [0.15, 0.2) is 42.5 Å². The number of anilines is 1. The van der Waals surface area contributed by atoms with E-state index in [1.165, 1.54) is 0 Å². The predicted molar refractivity (Wildman–Crippen MR) is 87.5 cm³/mol. The van der Waals surface area contributed by atoms with Crippen LogP contribution in [0.3, 0.4) is 0 Å². The molecule has 3 nitrogen and oxygen atoms in total. The fourth-order valence-electron chi connectivity index (χ4n) is 2.43. The van der Waals surface area contributed by atoms with Gasteiger partial charge in [0.15, 0.2) is 0 Å². The van der Waals surface area contributed by atoms with Gasteiger partial charge in [-0.3, -0.25) is 4.79 Å². The van der Waals surface area contributed by atoms with Gasteiger partial charge in [0.05, 0.1) is 0 Å². The minimum Gasteiger partial charge on any atom is -0.385 e. The van der Waals surface area contributed by atoms with E-state index in [4.69, 9.17) is 4.74 Å². The summed E-state index contributed by atoms with van der Waals surface area (Å²) in [5.41, 5.74) is 0.900. The van der Waals surface area contributed by atoms with Gasteiger partial charge in [-0.1, -0.05) is 49.2 Å². The summed E-state index contributed by atoms with van der Waals surface area (Å²) in [5.74, 6) is 0.0955. The molecule has 0 radical (unpaired) electrons. The maximum absolute atomic E-state index is 12.0. The van der Waals surface area contributed by atoms with Crippen LogP contribution in [0.2, 0.25) is 0 Å². The van der Waals surface area contributed by atoms with Crippen LogP contribution in [0.1, 0.15) is 32.1 Å². The number of fused-ring (bicyclic) bond motifs is 1. The van der Waals surface area contributed by atoms with E-state index >= 15 is 0 Å². The summed E-state index contributed by atoms with van der Waals surface area (Å²) in [7, 11) is 1.72. The molecule has 0 fully saturated rings. The molecule has 0 aliphatic rings. The highest BCUT2D eigenvalue weighted by Crippen LogP contribution is 2.23. The number of benzene rings is 2. The number of rotatable bonds is 8. The molecule has 0 heterocycles. The number of ether oxygens (including phenoxy) is 1. The molecule has 0 aliphatic carbocycles. The van der Waals surface area contributed by atoms with Crippen molar-refractivity contribution >= 4 is 22.4 Å². The van der Waals surface area contributed by atoms with Crippen molar-refractivity contribution in [1.29, 1.82) is 0 Å². The second-order valence-corrected chi connectivity index (χ2v) is 5.23. The van der Waals surface area contributed by atoms with Gasteiger partial charge < -0.3 is 10.1 Å². The Balaban J connectivity index is 1.82. The van der Waals surface area contributed by atoms with E-state index in [2.05, 4.69) is 17.4 Å². The molecule has 2 aromatic carbocycles. The number of carbonyl (C=O) groups excluding carboxylic acids is 1. The molecule has 0 bridgehead atoms. The standard InChI is InChI=1S/C18H23NO2/c1-21-14-7-3-2-4-13-18(20)19-17-12-8-10-15-9-5-6-11-16(15)17/h5-6,8-12H,2-4,7,13-14H2,1H3,(H,19,20). The third kappa shape index (κ3) is 4.87. The highest BCUT2D eigenvalue weighted by molar-refractivity contribution is 6.02. The molecule has 0 atom stereocenters. The quantitative estimate of drug-likeness (QED) is 0.731. The van der Waals surface area contributed by atoms with Crippen LogP contribution in [0.4, 0.5) is 5.69 Å². The van der Waals surface area contributed by atoms with E-state index in [-0.39, 0.29) is 5.91 Å². The third-order valence-electron chi connectivity index (χ3n) is 3.57. The summed E-state index contributed by atoms with van der Waals surface area (Å²) in [6.45, 7) is 0.808. The fraction of sp³-hybridized carbons (Fsp3) is 0.389. The van der Waals surface area contributed by atoms with E-state index in [0.717, 1.165) is 48.8 Å². The van der Waals surface area contributed by atoms with Gasteiger partial charge in [-0.15, -0.1) is 0 Å². The van der Waals surface area contributed by atoms with E-state index in [1.807, 2.05) is 30.3 Å². The molecule has 0 spiro atoms. The van der Waals surface area contributed by atoms with E-state index < -0.39 is 0 Å². The second kappa shape index (κ2) is 8.42. The Labute approximate surface area is 126 Å². The van der Waals surface area contributed by atoms with Gasteiger partial charge in [-0.25, -0.2) is 0 Å². The van der Waals surface area contributed by atoms with Gasteiger partial charge in [0, 0.05) is 31.2 Å². The summed E-state index contributed by atoms with van der Waals surface area (Å²) < 4.78 is 5.01. The first-order chi connectivity index (χ1) is 10.3. The van der Waals surface area contributed by atoms with Crippen LogP contribution in [-0.2, 0) is 9.53 Å². The lowest BCUT2D eigenvalue weighted by molar-refractivity contribution is -0.116. The number of unbranched alkanes of at least 4 members (excludes halogenated alkanes) is 3. The zero-order chi connectivity index (χ0) is 14.9. The largest absolute Gasteiger partial charge is 0.385 e. The second-order valence-electron chi connectivity index (χ2n) is 5.23. The topological polar surface area (TPSA) is 38.3 Å². The first-order valence-corrected chi connectivity index (χ1v) is 7.58. The summed E-state index contributed by atoms with van der Waals surface area (Å²) in [6, 6.07) is 14.1. The number of methoxy groups -OCH3 is 1. The highest BCUT2D eigenvalue weighted by Gasteiger charge is 2.05. The summed E-state index contributed by atoms with van der Waals surface area (Å²) in [5, 5.41) is 5.26. The number of hydrogen-bond donors (Lipinski definition) is 1. The molecular formula is C18H23NO2. The fourth-order valence-corrected chi connectivity index (χ4v) is 2.43. The van der Waals surface area contributed by atoms with Gasteiger partial charge in [-0.2, -0.15) is 0 Å². The molecule has 0 saturated carbocycles. The molecule has 3 heteroatoms. The maximum atomic E-state index is 12.0. The molecule has 2 aromatic rings. The third-order valence-corrected chi connectivity index (χ3v) is 3.57. The molecule has 112 valence electrons. The lowest BCUT2D eigenvalue weighted by Gasteiger charge is -2.08. The molecular weight excluding hydrogens is 262 g/mol. The Bertz CT molecular complexity index is 575. The summed E-state index contributed by atoms with van der Waals surface area (Å²) >= 11 is 0. The number of hydrogen-bond acceptors (Lipinski definition) is 2. The number of nitrogens with one attached hydrogen (secondary N) is 1. The van der Waals surface area contributed by atoms with Crippen molar-refractivity contribution in [1.82, 2.24) is 0 Å². The molecule has 21 heavy (non-hydrogen) atoms. The van der Waals surface area contributed by atoms with E-state index in [9.17, 15) is 4.79 Å². The Hall–Kier alpha value is -1.87. The van der Waals surface area contributed by atoms with Crippen molar-refractivity contribution in [2.45, 2.75) is 32.1 Å². The minimum absolute atomic E-state index is 0.0955. The lowest BCUT2D eigenvalue weighted by Crippen LogP contribution is -2.11. The van der Waals surface area contributed by atoms with Crippen LogP contribution >= 0.6 is 0 Å².